The summed E-state index contributed by atoms with van der Waals surface area (Å²) in [5, 5.41) is 18.9. The van der Waals surface area contributed by atoms with Crippen molar-refractivity contribution in [2.45, 2.75) is 18.8 Å². The summed E-state index contributed by atoms with van der Waals surface area (Å²) in [6.45, 7) is 0.564. The minimum atomic E-state index is -1.02. The van der Waals surface area contributed by atoms with Crippen molar-refractivity contribution in [2.24, 2.45) is 11.8 Å². The Morgan fingerprint density at radius 1 is 1.07 bits per heavy atom. The fourth-order valence-corrected chi connectivity index (χ4v) is 4.26. The highest BCUT2D eigenvalue weighted by Crippen LogP contribution is 2.39. The topological polar surface area (TPSA) is 93.4 Å². The highest BCUT2D eigenvalue weighted by atomic mass is 16.5. The number of carbonyl (C=O) groups is 2. The maximum absolute atomic E-state index is 12.7. The number of ether oxygens (including phenoxy) is 1. The predicted octanol–water partition coefficient (Wildman–Crippen LogP) is 2.68. The van der Waals surface area contributed by atoms with Crippen molar-refractivity contribution >= 4 is 28.3 Å². The molecule has 1 amide bonds. The number of hydrogen-bond donors (Lipinski definition) is 2. The molecule has 0 aliphatic carbocycles. The molecule has 7 heteroatoms. The molecule has 4 unspecified atom stereocenters. The van der Waals surface area contributed by atoms with Crippen molar-refractivity contribution in [3.63, 3.8) is 0 Å². The van der Waals surface area contributed by atoms with Crippen LogP contribution in [-0.2, 0) is 20.9 Å². The van der Waals surface area contributed by atoms with Crippen LogP contribution in [0.5, 0.6) is 0 Å². The van der Waals surface area contributed by atoms with Crippen molar-refractivity contribution in [3.8, 4) is 0 Å². The molecule has 2 aliphatic heterocycles. The fraction of sp³-hybridized carbons (Fsp3) is 0.227. The van der Waals surface area contributed by atoms with Gasteiger partial charge in [-0.05, 0) is 16.3 Å². The van der Waals surface area contributed by atoms with Gasteiger partial charge in [0.2, 0.25) is 5.91 Å². The maximum atomic E-state index is 12.7. The summed E-state index contributed by atoms with van der Waals surface area (Å²) in [6.07, 6.45) is 5.77. The summed E-state index contributed by atoms with van der Waals surface area (Å²) in [7, 11) is 0. The molecule has 0 spiro atoms. The molecule has 5 rings (SSSR count). The highest BCUT2D eigenvalue weighted by molar-refractivity contribution is 5.96. The minimum Gasteiger partial charge on any atom is -0.481 e. The second-order valence-electron chi connectivity index (χ2n) is 7.39. The summed E-state index contributed by atoms with van der Waals surface area (Å²) in [5.74, 6) is -2.99. The second-order valence-corrected chi connectivity index (χ2v) is 7.39. The van der Waals surface area contributed by atoms with Gasteiger partial charge in [0, 0.05) is 6.20 Å². The number of carboxylic acid groups (broad SMARTS) is 1. The number of hydrogen-bond acceptors (Lipinski definition) is 4. The van der Waals surface area contributed by atoms with Crippen LogP contribution >= 0.6 is 0 Å². The largest absolute Gasteiger partial charge is 0.481 e. The van der Waals surface area contributed by atoms with E-state index in [1.54, 1.807) is 29.2 Å². The van der Waals surface area contributed by atoms with Gasteiger partial charge in [0.05, 0.1) is 36.6 Å². The van der Waals surface area contributed by atoms with Crippen molar-refractivity contribution < 1.29 is 19.4 Å². The third kappa shape index (κ3) is 3.09. The zero-order valence-electron chi connectivity index (χ0n) is 15.4. The Kier molecular flexibility index (Phi) is 4.17. The Labute approximate surface area is 166 Å². The average molecular weight is 389 g/mol. The Bertz CT molecular complexity index is 1130. The lowest BCUT2D eigenvalue weighted by atomic mass is 9.82. The standard InChI is InChI=1S/C22H19N3O4/c26-21(19-17-8-9-18(29-17)20(19)22(27)28)24-15-10-23-25(12-15)11-14-6-3-5-13-4-1-2-7-16(13)14/h1-10,12,17-20H,11H2,(H,24,26)(H,27,28). The number of fused-ring (bicyclic) bond motifs is 3. The molecule has 2 N–H and O–H groups in total. The van der Waals surface area contributed by atoms with Crippen molar-refractivity contribution in [3.05, 3.63) is 72.6 Å². The lowest BCUT2D eigenvalue weighted by molar-refractivity contribution is -0.145. The van der Waals surface area contributed by atoms with Crippen LogP contribution in [0.1, 0.15) is 5.56 Å². The highest BCUT2D eigenvalue weighted by Gasteiger charge is 2.53. The molecule has 2 bridgehead atoms. The first kappa shape index (κ1) is 17.6. The third-order valence-corrected chi connectivity index (χ3v) is 5.60. The first-order valence-corrected chi connectivity index (χ1v) is 9.47. The van der Waals surface area contributed by atoms with E-state index in [1.807, 2.05) is 18.2 Å². The molecular formula is C22H19N3O4. The van der Waals surface area contributed by atoms with E-state index in [9.17, 15) is 14.7 Å². The Balaban J connectivity index is 1.32. The van der Waals surface area contributed by atoms with Crippen LogP contribution in [0.4, 0.5) is 5.69 Å². The number of nitrogens with zero attached hydrogens (tertiary/aromatic N) is 2. The van der Waals surface area contributed by atoms with E-state index in [0.717, 1.165) is 16.3 Å². The van der Waals surface area contributed by atoms with Crippen LogP contribution in [0.15, 0.2) is 67.0 Å². The third-order valence-electron chi connectivity index (χ3n) is 5.60. The van der Waals surface area contributed by atoms with Crippen LogP contribution < -0.4 is 5.32 Å². The summed E-state index contributed by atoms with van der Waals surface area (Å²) in [6, 6.07) is 14.3. The first-order valence-electron chi connectivity index (χ1n) is 9.47. The van der Waals surface area contributed by atoms with Gasteiger partial charge < -0.3 is 15.2 Å². The smallest absolute Gasteiger partial charge is 0.310 e. The summed E-state index contributed by atoms with van der Waals surface area (Å²) in [4.78, 5) is 24.3. The predicted molar refractivity (Wildman–Crippen MR) is 106 cm³/mol. The van der Waals surface area contributed by atoms with Gasteiger partial charge in [-0.3, -0.25) is 14.3 Å². The van der Waals surface area contributed by atoms with Crippen LogP contribution in [-0.4, -0.2) is 39.0 Å². The quantitative estimate of drug-likeness (QED) is 0.655. The van der Waals surface area contributed by atoms with E-state index in [4.69, 9.17) is 4.74 Å². The molecule has 29 heavy (non-hydrogen) atoms. The zero-order chi connectivity index (χ0) is 20.0. The summed E-state index contributed by atoms with van der Waals surface area (Å²) < 4.78 is 7.32. The van der Waals surface area contributed by atoms with Crippen LogP contribution in [0.2, 0.25) is 0 Å². The summed E-state index contributed by atoms with van der Waals surface area (Å²) in [5.41, 5.74) is 1.66. The number of rotatable bonds is 5. The molecule has 1 fully saturated rings. The van der Waals surface area contributed by atoms with Gasteiger partial charge in [0.1, 0.15) is 5.92 Å². The van der Waals surface area contributed by atoms with Crippen LogP contribution in [0.25, 0.3) is 10.8 Å². The number of aliphatic carboxylic acids is 1. The molecule has 0 radical (unpaired) electrons. The van der Waals surface area contributed by atoms with E-state index >= 15 is 0 Å². The number of carboxylic acids is 1. The molecule has 146 valence electrons. The number of amides is 1. The zero-order valence-corrected chi connectivity index (χ0v) is 15.4. The van der Waals surface area contributed by atoms with E-state index in [-0.39, 0.29) is 5.91 Å². The van der Waals surface area contributed by atoms with Gasteiger partial charge >= 0.3 is 5.97 Å². The van der Waals surface area contributed by atoms with E-state index in [1.165, 1.54) is 0 Å². The lowest BCUT2D eigenvalue weighted by Gasteiger charge is -2.20. The average Bonchev–Trinajstić information content (AvgIpc) is 3.44. The van der Waals surface area contributed by atoms with Gasteiger partial charge in [-0.15, -0.1) is 0 Å². The van der Waals surface area contributed by atoms with Gasteiger partial charge in [0.25, 0.3) is 0 Å². The molecule has 4 atom stereocenters. The van der Waals surface area contributed by atoms with Gasteiger partial charge in [-0.2, -0.15) is 5.10 Å². The molecule has 3 heterocycles. The van der Waals surface area contributed by atoms with Crippen molar-refractivity contribution in [2.75, 3.05) is 5.32 Å². The molecule has 3 aromatic rings. The molecule has 1 saturated heterocycles. The summed E-state index contributed by atoms with van der Waals surface area (Å²) >= 11 is 0. The lowest BCUT2D eigenvalue weighted by Crippen LogP contribution is -2.39. The van der Waals surface area contributed by atoms with Gasteiger partial charge in [-0.25, -0.2) is 0 Å². The Morgan fingerprint density at radius 3 is 2.66 bits per heavy atom. The molecule has 0 saturated carbocycles. The van der Waals surface area contributed by atoms with Crippen LogP contribution in [0.3, 0.4) is 0 Å². The molecule has 2 aliphatic rings. The monoisotopic (exact) mass is 389 g/mol. The molecule has 2 aromatic carbocycles. The Hall–Kier alpha value is -3.45. The van der Waals surface area contributed by atoms with E-state index in [0.29, 0.717) is 12.2 Å². The molecular weight excluding hydrogens is 370 g/mol. The fourth-order valence-electron chi connectivity index (χ4n) is 4.26. The first-order chi connectivity index (χ1) is 14.1. The molecule has 7 nitrogen and oxygen atoms in total. The number of nitrogens with one attached hydrogen (secondary N) is 1. The SMILES string of the molecule is O=C(O)C1C2C=CC(O2)C1C(=O)Nc1cnn(Cc2cccc3ccccc23)c1. The minimum absolute atomic E-state index is 0.362. The number of anilines is 1. The second kappa shape index (κ2) is 6.86. The van der Waals surface area contributed by atoms with Crippen molar-refractivity contribution in [1.29, 1.82) is 0 Å². The number of carbonyl (C=O) groups excluding carboxylic acids is 1. The number of aromatic nitrogens is 2. The van der Waals surface area contributed by atoms with Crippen LogP contribution in [0, 0.1) is 11.8 Å². The van der Waals surface area contributed by atoms with Crippen molar-refractivity contribution in [1.82, 2.24) is 9.78 Å². The number of benzene rings is 2. The Morgan fingerprint density at radius 2 is 1.83 bits per heavy atom. The molecule has 1 aromatic heterocycles. The van der Waals surface area contributed by atoms with E-state index in [2.05, 4.69) is 34.7 Å². The van der Waals surface area contributed by atoms with E-state index < -0.39 is 30.0 Å². The maximum Gasteiger partial charge on any atom is 0.310 e. The van der Waals surface area contributed by atoms with Gasteiger partial charge in [0.15, 0.2) is 0 Å². The van der Waals surface area contributed by atoms with Gasteiger partial charge in [-0.1, -0.05) is 54.6 Å². The normalized spacial score (nSPS) is 24.8.